The van der Waals surface area contributed by atoms with E-state index in [1.807, 2.05) is 17.0 Å². The van der Waals surface area contributed by atoms with E-state index in [4.69, 9.17) is 0 Å². The van der Waals surface area contributed by atoms with Crippen LogP contribution in [0.4, 0.5) is 5.82 Å². The summed E-state index contributed by atoms with van der Waals surface area (Å²) < 4.78 is 0. The average molecular weight is 356 g/mol. The molecule has 0 radical (unpaired) electrons. The predicted molar refractivity (Wildman–Crippen MR) is 102 cm³/mol. The number of amides is 2. The molecule has 1 aliphatic carbocycles. The first-order valence-corrected chi connectivity index (χ1v) is 9.52. The number of nitrogens with one attached hydrogen (secondary N) is 1. The Morgan fingerprint density at radius 3 is 2.69 bits per heavy atom. The topological polar surface area (TPSA) is 65.5 Å². The van der Waals surface area contributed by atoms with Gasteiger partial charge in [-0.1, -0.05) is 17.7 Å². The molecule has 140 valence electrons. The third kappa shape index (κ3) is 4.84. The van der Waals surface area contributed by atoms with Gasteiger partial charge in [0.1, 0.15) is 5.82 Å². The van der Waals surface area contributed by atoms with Gasteiger partial charge in [0.25, 0.3) is 0 Å². The minimum atomic E-state index is 0.0781. The van der Waals surface area contributed by atoms with Crippen molar-refractivity contribution in [3.05, 3.63) is 35.5 Å². The second-order valence-electron chi connectivity index (χ2n) is 7.04. The number of allylic oxidation sites excluding steroid dienone is 1. The van der Waals surface area contributed by atoms with Crippen molar-refractivity contribution in [2.24, 2.45) is 0 Å². The average Bonchev–Trinajstić information content (AvgIpc) is 2.67. The van der Waals surface area contributed by atoms with Gasteiger partial charge in [0.2, 0.25) is 11.8 Å². The molecule has 6 heteroatoms. The lowest BCUT2D eigenvalue weighted by Gasteiger charge is -2.35. The van der Waals surface area contributed by atoms with Crippen LogP contribution in [0.25, 0.3) is 0 Å². The van der Waals surface area contributed by atoms with Crippen molar-refractivity contribution in [1.29, 1.82) is 0 Å². The number of hydrogen-bond donors (Lipinski definition) is 1. The summed E-state index contributed by atoms with van der Waals surface area (Å²) in [7, 11) is 0. The van der Waals surface area contributed by atoms with Crippen LogP contribution in [0.2, 0.25) is 0 Å². The standard InChI is InChI=1S/C20H28N4O2/c1-16(25)23-10-12-24(13-11-23)20-18(8-5-9-21-20)15-22-19(26)14-17-6-3-2-4-7-17/h5-6,8-9H,2-4,7,10-15H2,1H3,(H,22,26). The molecule has 6 nitrogen and oxygen atoms in total. The van der Waals surface area contributed by atoms with Gasteiger partial charge >= 0.3 is 0 Å². The van der Waals surface area contributed by atoms with Crippen LogP contribution in [-0.4, -0.2) is 47.9 Å². The molecule has 1 fully saturated rings. The van der Waals surface area contributed by atoms with E-state index in [0.29, 0.717) is 26.1 Å². The molecular formula is C20H28N4O2. The smallest absolute Gasteiger partial charge is 0.224 e. The third-order valence-electron chi connectivity index (χ3n) is 5.14. The van der Waals surface area contributed by atoms with Gasteiger partial charge in [-0.25, -0.2) is 4.98 Å². The van der Waals surface area contributed by atoms with E-state index in [1.165, 1.54) is 18.4 Å². The zero-order valence-electron chi connectivity index (χ0n) is 15.5. The second kappa shape index (κ2) is 8.83. The Hall–Kier alpha value is -2.37. The highest BCUT2D eigenvalue weighted by Gasteiger charge is 2.21. The van der Waals surface area contributed by atoms with Crippen molar-refractivity contribution in [2.75, 3.05) is 31.1 Å². The van der Waals surface area contributed by atoms with E-state index in [-0.39, 0.29) is 11.8 Å². The van der Waals surface area contributed by atoms with E-state index in [9.17, 15) is 9.59 Å². The molecule has 0 bridgehead atoms. The van der Waals surface area contributed by atoms with Crippen molar-refractivity contribution >= 4 is 17.6 Å². The molecule has 1 N–H and O–H groups in total. The number of piperazine rings is 1. The van der Waals surface area contributed by atoms with E-state index < -0.39 is 0 Å². The van der Waals surface area contributed by atoms with Gasteiger partial charge < -0.3 is 15.1 Å². The summed E-state index contributed by atoms with van der Waals surface area (Å²) in [5.74, 6) is 1.11. The first kappa shape index (κ1) is 18.4. The minimum Gasteiger partial charge on any atom is -0.353 e. The summed E-state index contributed by atoms with van der Waals surface area (Å²) >= 11 is 0. The van der Waals surface area contributed by atoms with Crippen molar-refractivity contribution < 1.29 is 9.59 Å². The van der Waals surface area contributed by atoms with Crippen LogP contribution in [0.3, 0.4) is 0 Å². The number of anilines is 1. The number of carbonyl (C=O) groups is 2. The van der Waals surface area contributed by atoms with Crippen molar-refractivity contribution in [2.45, 2.75) is 45.6 Å². The number of pyridine rings is 1. The molecule has 2 aliphatic rings. The monoisotopic (exact) mass is 356 g/mol. The second-order valence-corrected chi connectivity index (χ2v) is 7.04. The van der Waals surface area contributed by atoms with Crippen molar-refractivity contribution in [3.63, 3.8) is 0 Å². The highest BCUT2D eigenvalue weighted by molar-refractivity contribution is 5.78. The molecule has 3 rings (SSSR count). The van der Waals surface area contributed by atoms with Crippen molar-refractivity contribution in [3.8, 4) is 0 Å². The summed E-state index contributed by atoms with van der Waals surface area (Å²) in [6.07, 6.45) is 9.08. The van der Waals surface area contributed by atoms with Crippen molar-refractivity contribution in [1.82, 2.24) is 15.2 Å². The molecule has 2 heterocycles. The summed E-state index contributed by atoms with van der Waals surface area (Å²) in [5, 5.41) is 3.04. The molecule has 26 heavy (non-hydrogen) atoms. The maximum Gasteiger partial charge on any atom is 0.224 e. The molecule has 1 aliphatic heterocycles. The number of aromatic nitrogens is 1. The van der Waals surface area contributed by atoms with Crippen LogP contribution in [0, 0.1) is 0 Å². The largest absolute Gasteiger partial charge is 0.353 e. The molecule has 0 atom stereocenters. The summed E-state index contributed by atoms with van der Waals surface area (Å²) in [5.41, 5.74) is 2.29. The summed E-state index contributed by atoms with van der Waals surface area (Å²) in [6.45, 7) is 5.06. The van der Waals surface area contributed by atoms with Gasteiger partial charge in [-0.05, 0) is 31.7 Å². The molecular weight excluding hydrogens is 328 g/mol. The van der Waals surface area contributed by atoms with Crippen LogP contribution in [0.5, 0.6) is 0 Å². The molecule has 1 aromatic heterocycles. The quantitative estimate of drug-likeness (QED) is 0.822. The molecule has 2 amide bonds. The van der Waals surface area contributed by atoms with Crippen LogP contribution >= 0.6 is 0 Å². The van der Waals surface area contributed by atoms with Gasteiger partial charge in [0, 0.05) is 57.8 Å². The molecule has 0 aromatic carbocycles. The molecule has 1 aromatic rings. The number of carbonyl (C=O) groups excluding carboxylic acids is 2. The zero-order chi connectivity index (χ0) is 18.4. The lowest BCUT2D eigenvalue weighted by atomic mass is 9.97. The van der Waals surface area contributed by atoms with E-state index >= 15 is 0 Å². The maximum atomic E-state index is 12.3. The first-order valence-electron chi connectivity index (χ1n) is 9.52. The van der Waals surface area contributed by atoms with Gasteiger partial charge in [-0.15, -0.1) is 0 Å². The predicted octanol–water partition coefficient (Wildman–Crippen LogP) is 2.26. The summed E-state index contributed by atoms with van der Waals surface area (Å²) in [4.78, 5) is 32.3. The first-order chi connectivity index (χ1) is 12.6. The normalized spacial score (nSPS) is 17.7. The molecule has 0 spiro atoms. The Morgan fingerprint density at radius 1 is 1.19 bits per heavy atom. The fourth-order valence-corrected chi connectivity index (χ4v) is 3.61. The van der Waals surface area contributed by atoms with Gasteiger partial charge in [-0.2, -0.15) is 0 Å². The van der Waals surface area contributed by atoms with Crippen LogP contribution in [-0.2, 0) is 16.1 Å². The Morgan fingerprint density at radius 2 is 2.00 bits per heavy atom. The Kier molecular flexibility index (Phi) is 6.26. The Balaban J connectivity index is 1.56. The highest BCUT2D eigenvalue weighted by atomic mass is 16.2. The van der Waals surface area contributed by atoms with Gasteiger partial charge in [0.15, 0.2) is 0 Å². The summed E-state index contributed by atoms with van der Waals surface area (Å²) in [6, 6.07) is 3.92. The number of hydrogen-bond acceptors (Lipinski definition) is 4. The van der Waals surface area contributed by atoms with Crippen LogP contribution in [0.1, 0.15) is 44.6 Å². The molecule has 0 unspecified atom stereocenters. The zero-order valence-corrected chi connectivity index (χ0v) is 15.5. The van der Waals surface area contributed by atoms with E-state index in [2.05, 4.69) is 21.3 Å². The lowest BCUT2D eigenvalue weighted by Crippen LogP contribution is -2.48. The Labute approximate surface area is 155 Å². The number of rotatable bonds is 5. The van der Waals surface area contributed by atoms with E-state index in [1.54, 1.807) is 13.1 Å². The lowest BCUT2D eigenvalue weighted by molar-refractivity contribution is -0.129. The molecule has 0 saturated carbocycles. The van der Waals surface area contributed by atoms with Gasteiger partial charge in [0.05, 0.1) is 0 Å². The van der Waals surface area contributed by atoms with Crippen LogP contribution in [0.15, 0.2) is 30.0 Å². The minimum absolute atomic E-state index is 0.0781. The Bertz CT molecular complexity index is 678. The third-order valence-corrected chi connectivity index (χ3v) is 5.14. The van der Waals surface area contributed by atoms with Crippen LogP contribution < -0.4 is 10.2 Å². The van der Waals surface area contributed by atoms with E-state index in [0.717, 1.165) is 37.3 Å². The fourth-order valence-electron chi connectivity index (χ4n) is 3.61. The SMILES string of the molecule is CC(=O)N1CCN(c2ncccc2CNC(=O)CC2=CCCCC2)CC1. The maximum absolute atomic E-state index is 12.3. The highest BCUT2D eigenvalue weighted by Crippen LogP contribution is 2.21. The number of nitrogens with zero attached hydrogens (tertiary/aromatic N) is 3. The van der Waals surface area contributed by atoms with Gasteiger partial charge in [-0.3, -0.25) is 9.59 Å². The fraction of sp³-hybridized carbons (Fsp3) is 0.550. The molecule has 1 saturated heterocycles.